The van der Waals surface area contributed by atoms with Crippen molar-refractivity contribution in [1.82, 2.24) is 0 Å². The van der Waals surface area contributed by atoms with Gasteiger partial charge in [0.15, 0.2) is 10.3 Å². The topological polar surface area (TPSA) is 99.7 Å². The van der Waals surface area contributed by atoms with Crippen molar-refractivity contribution in [3.05, 3.63) is 0 Å². The molecule has 0 aromatic carbocycles. The minimum Gasteiger partial charge on any atom is -0.379 e. The summed E-state index contributed by atoms with van der Waals surface area (Å²) in [5.74, 6) is 3.68. The number of amidine groups is 2. The second kappa shape index (κ2) is 13.9. The van der Waals surface area contributed by atoms with Crippen molar-refractivity contribution >= 4 is 33.9 Å². The fraction of sp³-hybridized carbons (Fsp3) is 0.889. The van der Waals surface area contributed by atoms with E-state index in [2.05, 4.69) is 0 Å². The van der Waals surface area contributed by atoms with Gasteiger partial charge in [0.05, 0.1) is 0 Å². The molecule has 1 saturated carbocycles. The molecule has 0 aliphatic heterocycles. The third kappa shape index (κ3) is 12.1. The quantitative estimate of drug-likeness (QED) is 0.382. The first-order valence-corrected chi connectivity index (χ1v) is 11.5. The van der Waals surface area contributed by atoms with Crippen molar-refractivity contribution in [3.63, 3.8) is 0 Å². The van der Waals surface area contributed by atoms with Crippen LogP contribution in [0, 0.1) is 22.7 Å². The second-order valence-electron chi connectivity index (χ2n) is 7.01. The molecule has 1 fully saturated rings. The molecule has 6 heteroatoms. The van der Waals surface area contributed by atoms with Crippen LogP contribution in [-0.2, 0) is 0 Å². The highest BCUT2D eigenvalue weighted by Crippen LogP contribution is 2.28. The molecule has 0 bridgehead atoms. The minimum absolute atomic E-state index is 0.261. The van der Waals surface area contributed by atoms with E-state index in [1.54, 1.807) is 0 Å². The van der Waals surface area contributed by atoms with Gasteiger partial charge < -0.3 is 11.5 Å². The van der Waals surface area contributed by atoms with E-state index in [9.17, 15) is 0 Å². The Morgan fingerprint density at radius 1 is 0.667 bits per heavy atom. The van der Waals surface area contributed by atoms with Crippen LogP contribution >= 0.6 is 23.5 Å². The molecular weight excluding hydrogens is 336 g/mol. The van der Waals surface area contributed by atoms with Crippen LogP contribution in [0.25, 0.3) is 0 Å². The van der Waals surface area contributed by atoms with E-state index in [1.807, 2.05) is 0 Å². The summed E-state index contributed by atoms with van der Waals surface area (Å²) in [6, 6.07) is 0. The van der Waals surface area contributed by atoms with Gasteiger partial charge >= 0.3 is 0 Å². The highest BCUT2D eigenvalue weighted by atomic mass is 32.2. The van der Waals surface area contributed by atoms with Gasteiger partial charge in [-0.3, -0.25) is 10.8 Å². The number of nitrogens with one attached hydrogen (secondary N) is 2. The molecule has 1 rings (SSSR count). The Bertz CT molecular complexity index is 317. The van der Waals surface area contributed by atoms with Crippen molar-refractivity contribution in [2.24, 2.45) is 23.3 Å². The zero-order chi connectivity index (χ0) is 17.6. The number of hydrogen-bond acceptors (Lipinski definition) is 4. The average Bonchev–Trinajstić information content (AvgIpc) is 2.50. The van der Waals surface area contributed by atoms with Crippen molar-refractivity contribution in [2.45, 2.75) is 77.0 Å². The smallest absolute Gasteiger partial charge is 0.151 e. The van der Waals surface area contributed by atoms with Gasteiger partial charge in [0.2, 0.25) is 0 Å². The van der Waals surface area contributed by atoms with Gasteiger partial charge in [-0.2, -0.15) is 0 Å². The predicted octanol–water partition coefficient (Wildman–Crippen LogP) is 5.17. The zero-order valence-electron chi connectivity index (χ0n) is 15.0. The standard InChI is InChI=1S/C18H36N4S2/c19-17(20)23-13-11-15-7-3-1-4-8-16(10-6-2-5-9-15)12-14-24-18(21)22/h15-16H,1-14H2,(H3,19,20)(H3,21,22). The lowest BCUT2D eigenvalue weighted by Gasteiger charge is -2.20. The van der Waals surface area contributed by atoms with Crippen molar-refractivity contribution in [1.29, 1.82) is 10.8 Å². The molecule has 0 aromatic rings. The molecule has 0 atom stereocenters. The van der Waals surface area contributed by atoms with Gasteiger partial charge in [-0.25, -0.2) is 0 Å². The molecule has 0 spiro atoms. The molecule has 0 unspecified atom stereocenters. The Morgan fingerprint density at radius 2 is 1.00 bits per heavy atom. The molecule has 140 valence electrons. The summed E-state index contributed by atoms with van der Waals surface area (Å²) in [5.41, 5.74) is 10.9. The van der Waals surface area contributed by atoms with Crippen LogP contribution in [0.5, 0.6) is 0 Å². The van der Waals surface area contributed by atoms with E-state index in [-0.39, 0.29) is 10.3 Å². The predicted molar refractivity (Wildman–Crippen MR) is 111 cm³/mol. The largest absolute Gasteiger partial charge is 0.379 e. The van der Waals surface area contributed by atoms with E-state index in [0.717, 1.165) is 23.3 Å². The molecule has 0 saturated heterocycles. The SMILES string of the molecule is N=C(N)SCCC1CCCCCC(CCSC(=N)N)CCCCC1. The monoisotopic (exact) mass is 372 g/mol. The van der Waals surface area contributed by atoms with Crippen molar-refractivity contribution in [3.8, 4) is 0 Å². The van der Waals surface area contributed by atoms with Gasteiger partial charge in [0.25, 0.3) is 0 Å². The zero-order valence-corrected chi connectivity index (χ0v) is 16.7. The van der Waals surface area contributed by atoms with Gasteiger partial charge in [-0.1, -0.05) is 87.7 Å². The Morgan fingerprint density at radius 3 is 1.29 bits per heavy atom. The fourth-order valence-electron chi connectivity index (χ4n) is 3.62. The summed E-state index contributed by atoms with van der Waals surface area (Å²) in [4.78, 5) is 0. The highest BCUT2D eigenvalue weighted by molar-refractivity contribution is 8.13. The lowest BCUT2D eigenvalue weighted by Crippen LogP contribution is -2.09. The third-order valence-corrected chi connectivity index (χ3v) is 6.52. The van der Waals surface area contributed by atoms with Crippen molar-refractivity contribution in [2.75, 3.05) is 11.5 Å². The lowest BCUT2D eigenvalue weighted by atomic mass is 9.88. The molecule has 1 aliphatic rings. The first-order chi connectivity index (χ1) is 11.6. The van der Waals surface area contributed by atoms with Crippen LogP contribution in [0.15, 0.2) is 0 Å². The van der Waals surface area contributed by atoms with Crippen LogP contribution in [0.4, 0.5) is 0 Å². The number of thioether (sulfide) groups is 2. The average molecular weight is 373 g/mol. The van der Waals surface area contributed by atoms with E-state index in [4.69, 9.17) is 22.3 Å². The number of hydrogen-bond donors (Lipinski definition) is 4. The summed E-state index contributed by atoms with van der Waals surface area (Å²) in [7, 11) is 0. The highest BCUT2D eigenvalue weighted by Gasteiger charge is 2.13. The first-order valence-electron chi connectivity index (χ1n) is 9.51. The lowest BCUT2D eigenvalue weighted by molar-refractivity contribution is 0.352. The molecule has 1 aliphatic carbocycles. The fourth-order valence-corrected chi connectivity index (χ4v) is 4.96. The molecule has 6 N–H and O–H groups in total. The molecule has 0 radical (unpaired) electrons. The van der Waals surface area contributed by atoms with Crippen LogP contribution in [0.2, 0.25) is 0 Å². The maximum Gasteiger partial charge on any atom is 0.151 e. The van der Waals surface area contributed by atoms with Gasteiger partial charge in [0, 0.05) is 11.5 Å². The second-order valence-corrected chi connectivity index (χ2v) is 9.28. The minimum atomic E-state index is 0.261. The van der Waals surface area contributed by atoms with E-state index in [1.165, 1.54) is 101 Å². The summed E-state index contributed by atoms with van der Waals surface area (Å²) in [6.07, 6.45) is 16.0. The molecular formula is C18H36N4S2. The van der Waals surface area contributed by atoms with Gasteiger partial charge in [-0.15, -0.1) is 0 Å². The Hall–Kier alpha value is -0.360. The number of rotatable bonds is 6. The van der Waals surface area contributed by atoms with Crippen LogP contribution in [0.1, 0.15) is 77.0 Å². The van der Waals surface area contributed by atoms with Gasteiger partial charge in [0.1, 0.15) is 0 Å². The Kier molecular flexibility index (Phi) is 12.5. The molecule has 24 heavy (non-hydrogen) atoms. The number of nitrogens with two attached hydrogens (primary N) is 2. The molecule has 4 nitrogen and oxygen atoms in total. The summed E-state index contributed by atoms with van der Waals surface area (Å²) >= 11 is 3.00. The summed E-state index contributed by atoms with van der Waals surface area (Å²) in [6.45, 7) is 0. The van der Waals surface area contributed by atoms with E-state index < -0.39 is 0 Å². The maximum atomic E-state index is 7.32. The molecule has 0 heterocycles. The normalized spacial score (nSPS) is 23.8. The van der Waals surface area contributed by atoms with Gasteiger partial charge in [-0.05, 0) is 24.7 Å². The Balaban J connectivity index is 2.27. The van der Waals surface area contributed by atoms with Crippen LogP contribution in [-0.4, -0.2) is 21.8 Å². The summed E-state index contributed by atoms with van der Waals surface area (Å²) < 4.78 is 0. The maximum absolute atomic E-state index is 7.32. The van der Waals surface area contributed by atoms with Crippen LogP contribution < -0.4 is 11.5 Å². The van der Waals surface area contributed by atoms with Crippen LogP contribution in [0.3, 0.4) is 0 Å². The third-order valence-electron chi connectivity index (χ3n) is 5.02. The van der Waals surface area contributed by atoms with Crippen molar-refractivity contribution < 1.29 is 0 Å². The molecule has 0 amide bonds. The van der Waals surface area contributed by atoms with E-state index in [0.29, 0.717) is 0 Å². The first kappa shape index (κ1) is 21.7. The Labute approximate surface area is 156 Å². The van der Waals surface area contributed by atoms with E-state index >= 15 is 0 Å². The summed E-state index contributed by atoms with van der Waals surface area (Å²) in [5, 5.41) is 15.2. The molecule has 0 aromatic heterocycles.